The number of nitrogens with zero attached hydrogens (tertiary/aromatic N) is 2. The van der Waals surface area contributed by atoms with E-state index in [9.17, 15) is 9.90 Å². The number of imidazole rings is 1. The van der Waals surface area contributed by atoms with Gasteiger partial charge in [-0.1, -0.05) is 25.0 Å². The summed E-state index contributed by atoms with van der Waals surface area (Å²) < 4.78 is 0. The summed E-state index contributed by atoms with van der Waals surface area (Å²) in [6, 6.07) is 7.52. The molecule has 124 valence electrons. The maximum absolute atomic E-state index is 12.1. The molecule has 3 rings (SSSR count). The molecule has 23 heavy (non-hydrogen) atoms. The van der Waals surface area contributed by atoms with E-state index < -0.39 is 6.10 Å². The predicted molar refractivity (Wildman–Crippen MR) is 89.3 cm³/mol. The van der Waals surface area contributed by atoms with E-state index in [0.717, 1.165) is 24.1 Å². The maximum atomic E-state index is 12.1. The first kappa shape index (κ1) is 16.0. The molecule has 6 nitrogen and oxygen atoms in total. The van der Waals surface area contributed by atoms with Crippen LogP contribution in [0.4, 0.5) is 0 Å². The molecule has 1 saturated heterocycles. The molecule has 2 aromatic rings. The Morgan fingerprint density at radius 1 is 1.26 bits per heavy atom. The van der Waals surface area contributed by atoms with Crippen LogP contribution in [0.1, 0.15) is 36.3 Å². The molecular formula is C17H24N4O2. The average Bonchev–Trinajstić information content (AvgIpc) is 2.83. The normalized spacial score (nSPS) is 17.8. The highest BCUT2D eigenvalue weighted by Crippen LogP contribution is 2.11. The number of benzene rings is 1. The van der Waals surface area contributed by atoms with E-state index in [1.54, 1.807) is 0 Å². The van der Waals surface area contributed by atoms with Crippen LogP contribution in [0.5, 0.6) is 0 Å². The van der Waals surface area contributed by atoms with Crippen LogP contribution in [0.25, 0.3) is 11.0 Å². The van der Waals surface area contributed by atoms with Crippen molar-refractivity contribution in [2.75, 3.05) is 26.2 Å². The van der Waals surface area contributed by atoms with E-state index in [1.165, 1.54) is 25.7 Å². The number of H-pyrrole nitrogens is 1. The van der Waals surface area contributed by atoms with Crippen molar-refractivity contribution in [1.29, 1.82) is 0 Å². The SMILES string of the molecule is O=C(NC[C@H](O)CN1CCCCCC1)c1nc2ccccc2[nH]1. The quantitative estimate of drug-likeness (QED) is 0.781. The fourth-order valence-electron chi connectivity index (χ4n) is 3.04. The van der Waals surface area contributed by atoms with Gasteiger partial charge >= 0.3 is 0 Å². The van der Waals surface area contributed by atoms with E-state index in [-0.39, 0.29) is 18.3 Å². The van der Waals surface area contributed by atoms with Crippen molar-refractivity contribution in [2.45, 2.75) is 31.8 Å². The van der Waals surface area contributed by atoms with Gasteiger partial charge in [0.1, 0.15) is 0 Å². The van der Waals surface area contributed by atoms with Crippen molar-refractivity contribution in [1.82, 2.24) is 20.2 Å². The van der Waals surface area contributed by atoms with Crippen molar-refractivity contribution in [2.24, 2.45) is 0 Å². The van der Waals surface area contributed by atoms with Gasteiger partial charge in [0.05, 0.1) is 17.1 Å². The summed E-state index contributed by atoms with van der Waals surface area (Å²) in [5.74, 6) is 0.00397. The number of para-hydroxylation sites is 2. The fourth-order valence-corrected chi connectivity index (χ4v) is 3.04. The zero-order valence-electron chi connectivity index (χ0n) is 13.3. The largest absolute Gasteiger partial charge is 0.390 e. The minimum absolute atomic E-state index is 0.242. The highest BCUT2D eigenvalue weighted by Gasteiger charge is 2.16. The van der Waals surface area contributed by atoms with Gasteiger partial charge in [0.25, 0.3) is 5.91 Å². The van der Waals surface area contributed by atoms with Crippen LogP contribution in [0.2, 0.25) is 0 Å². The van der Waals surface area contributed by atoms with Gasteiger partial charge in [-0.25, -0.2) is 4.98 Å². The highest BCUT2D eigenvalue weighted by atomic mass is 16.3. The van der Waals surface area contributed by atoms with Gasteiger partial charge in [0, 0.05) is 13.1 Å². The van der Waals surface area contributed by atoms with E-state index in [2.05, 4.69) is 20.2 Å². The van der Waals surface area contributed by atoms with Gasteiger partial charge in [0.2, 0.25) is 0 Å². The van der Waals surface area contributed by atoms with Crippen LogP contribution in [-0.4, -0.2) is 58.2 Å². The lowest BCUT2D eigenvalue weighted by Crippen LogP contribution is -2.40. The molecular weight excluding hydrogens is 292 g/mol. The number of nitrogens with one attached hydrogen (secondary N) is 2. The Morgan fingerprint density at radius 2 is 2.00 bits per heavy atom. The number of fused-ring (bicyclic) bond motifs is 1. The molecule has 2 heterocycles. The van der Waals surface area contributed by atoms with Crippen molar-refractivity contribution in [3.63, 3.8) is 0 Å². The van der Waals surface area contributed by atoms with Crippen LogP contribution in [0.15, 0.2) is 24.3 Å². The number of aromatic nitrogens is 2. The molecule has 0 aliphatic carbocycles. The first-order valence-corrected chi connectivity index (χ1v) is 8.36. The van der Waals surface area contributed by atoms with Crippen LogP contribution in [0, 0.1) is 0 Å². The van der Waals surface area contributed by atoms with E-state index in [0.29, 0.717) is 6.54 Å². The van der Waals surface area contributed by atoms with E-state index in [4.69, 9.17) is 0 Å². The fraction of sp³-hybridized carbons (Fsp3) is 0.529. The van der Waals surface area contributed by atoms with Crippen LogP contribution >= 0.6 is 0 Å². The Morgan fingerprint density at radius 3 is 2.74 bits per heavy atom. The van der Waals surface area contributed by atoms with Gasteiger partial charge < -0.3 is 20.3 Å². The Bertz CT molecular complexity index is 614. The van der Waals surface area contributed by atoms with Gasteiger partial charge in [-0.15, -0.1) is 0 Å². The standard InChI is InChI=1S/C17H24N4O2/c22-13(12-21-9-5-1-2-6-10-21)11-18-17(23)16-19-14-7-3-4-8-15(14)20-16/h3-4,7-8,13,22H,1-2,5-6,9-12H2,(H,18,23)(H,19,20)/t13-/m0/s1. The second-order valence-electron chi connectivity index (χ2n) is 6.18. The monoisotopic (exact) mass is 316 g/mol. The Hall–Kier alpha value is -1.92. The number of β-amino-alcohol motifs (C(OH)–C–C–N with tert-alkyl or cyclic N) is 1. The average molecular weight is 316 g/mol. The third-order valence-corrected chi connectivity index (χ3v) is 4.27. The zero-order chi connectivity index (χ0) is 16.1. The lowest BCUT2D eigenvalue weighted by molar-refractivity contribution is 0.0855. The third kappa shape index (κ3) is 4.30. The second-order valence-corrected chi connectivity index (χ2v) is 6.18. The molecule has 0 radical (unpaired) electrons. The number of rotatable bonds is 5. The van der Waals surface area contributed by atoms with Crippen LogP contribution in [-0.2, 0) is 0 Å². The number of aliphatic hydroxyl groups is 1. The number of carbonyl (C=O) groups is 1. The highest BCUT2D eigenvalue weighted by molar-refractivity contribution is 5.94. The van der Waals surface area contributed by atoms with Gasteiger partial charge in [-0.05, 0) is 38.1 Å². The number of amides is 1. The molecule has 1 aliphatic rings. The van der Waals surface area contributed by atoms with Crippen molar-refractivity contribution >= 4 is 16.9 Å². The molecule has 0 saturated carbocycles. The number of hydrogen-bond acceptors (Lipinski definition) is 4. The molecule has 1 fully saturated rings. The minimum Gasteiger partial charge on any atom is -0.390 e. The smallest absolute Gasteiger partial charge is 0.287 e. The molecule has 1 aromatic heterocycles. The van der Waals surface area contributed by atoms with Crippen molar-refractivity contribution < 1.29 is 9.90 Å². The summed E-state index contributed by atoms with van der Waals surface area (Å²) >= 11 is 0. The molecule has 0 bridgehead atoms. The Balaban J connectivity index is 1.49. The van der Waals surface area contributed by atoms with Gasteiger partial charge in [-0.2, -0.15) is 0 Å². The summed E-state index contributed by atoms with van der Waals surface area (Å²) in [4.78, 5) is 21.7. The molecule has 0 unspecified atom stereocenters. The lowest BCUT2D eigenvalue weighted by Gasteiger charge is -2.23. The summed E-state index contributed by atoms with van der Waals surface area (Å²) in [7, 11) is 0. The van der Waals surface area contributed by atoms with Crippen molar-refractivity contribution in [3.05, 3.63) is 30.1 Å². The van der Waals surface area contributed by atoms with Crippen LogP contribution < -0.4 is 5.32 Å². The lowest BCUT2D eigenvalue weighted by atomic mass is 10.2. The third-order valence-electron chi connectivity index (χ3n) is 4.27. The number of hydrogen-bond donors (Lipinski definition) is 3. The summed E-state index contributed by atoms with van der Waals surface area (Å²) in [6.07, 6.45) is 4.38. The number of aromatic amines is 1. The summed E-state index contributed by atoms with van der Waals surface area (Å²) in [5, 5.41) is 12.9. The topological polar surface area (TPSA) is 81.2 Å². The molecule has 1 amide bonds. The number of likely N-dealkylation sites (tertiary alicyclic amines) is 1. The maximum Gasteiger partial charge on any atom is 0.287 e. The molecule has 1 aliphatic heterocycles. The van der Waals surface area contributed by atoms with Crippen LogP contribution in [0.3, 0.4) is 0 Å². The second kappa shape index (κ2) is 7.57. The summed E-state index contributed by atoms with van der Waals surface area (Å²) in [5.41, 5.74) is 1.60. The predicted octanol–water partition coefficient (Wildman–Crippen LogP) is 1.53. The number of aliphatic hydroxyl groups excluding tert-OH is 1. The van der Waals surface area contributed by atoms with Gasteiger partial charge in [-0.3, -0.25) is 4.79 Å². The summed E-state index contributed by atoms with van der Waals surface area (Å²) in [6.45, 7) is 2.93. The number of carbonyl (C=O) groups excluding carboxylic acids is 1. The van der Waals surface area contributed by atoms with E-state index in [1.807, 2.05) is 24.3 Å². The minimum atomic E-state index is -0.554. The van der Waals surface area contributed by atoms with Crippen molar-refractivity contribution in [3.8, 4) is 0 Å². The Kier molecular flexibility index (Phi) is 5.25. The molecule has 1 atom stereocenters. The molecule has 1 aromatic carbocycles. The molecule has 0 spiro atoms. The van der Waals surface area contributed by atoms with Gasteiger partial charge in [0.15, 0.2) is 5.82 Å². The first-order chi connectivity index (χ1) is 11.2. The molecule has 3 N–H and O–H groups in total. The zero-order valence-corrected chi connectivity index (χ0v) is 13.3. The Labute approximate surface area is 135 Å². The molecule has 6 heteroatoms. The first-order valence-electron chi connectivity index (χ1n) is 8.36. The van der Waals surface area contributed by atoms with E-state index >= 15 is 0 Å².